The highest BCUT2D eigenvalue weighted by Gasteiger charge is 2.21. The van der Waals surface area contributed by atoms with E-state index >= 15 is 0 Å². The highest BCUT2D eigenvalue weighted by atomic mass is 32.2. The monoisotopic (exact) mass is 370 g/mol. The predicted molar refractivity (Wildman–Crippen MR) is 102 cm³/mol. The fourth-order valence-corrected chi connectivity index (χ4v) is 3.77. The predicted octanol–water partition coefficient (Wildman–Crippen LogP) is 3.69. The molecular formula is C20H22N2O3S. The fourth-order valence-electron chi connectivity index (χ4n) is 2.90. The summed E-state index contributed by atoms with van der Waals surface area (Å²) in [4.78, 5) is 31.1. The van der Waals surface area contributed by atoms with Crippen molar-refractivity contribution in [3.63, 3.8) is 0 Å². The Kier molecular flexibility index (Phi) is 5.93. The number of thioether (sulfide) groups is 1. The van der Waals surface area contributed by atoms with Gasteiger partial charge in [0.25, 0.3) is 5.91 Å². The third-order valence-electron chi connectivity index (χ3n) is 4.42. The Balaban J connectivity index is 1.62. The smallest absolute Gasteiger partial charge is 0.255 e. The van der Waals surface area contributed by atoms with Crippen LogP contribution in [-0.2, 0) is 0 Å². The summed E-state index contributed by atoms with van der Waals surface area (Å²) in [6, 6.07) is 10.7. The van der Waals surface area contributed by atoms with Crippen molar-refractivity contribution in [2.75, 3.05) is 20.2 Å². The SMILES string of the molecule is COc1ccc(C(=O)[C@H](C)Sc2ccc(C(=O)N3CCCC3)cn2)cc1. The number of ketones is 1. The lowest BCUT2D eigenvalue weighted by Gasteiger charge is -2.15. The number of rotatable bonds is 6. The molecule has 1 atom stereocenters. The average Bonchev–Trinajstić information content (AvgIpc) is 3.22. The van der Waals surface area contributed by atoms with Crippen LogP contribution in [0.3, 0.4) is 0 Å². The van der Waals surface area contributed by atoms with Crippen molar-refractivity contribution in [3.8, 4) is 5.75 Å². The summed E-state index contributed by atoms with van der Waals surface area (Å²) in [6.45, 7) is 3.51. The molecule has 5 nitrogen and oxygen atoms in total. The van der Waals surface area contributed by atoms with Gasteiger partial charge in [-0.1, -0.05) is 11.8 Å². The number of hydrogen-bond acceptors (Lipinski definition) is 5. The first-order chi connectivity index (χ1) is 12.6. The van der Waals surface area contributed by atoms with Gasteiger partial charge in [-0.05, 0) is 56.2 Å². The molecular weight excluding hydrogens is 348 g/mol. The molecule has 0 radical (unpaired) electrons. The fraction of sp³-hybridized carbons (Fsp3) is 0.350. The molecule has 1 amide bonds. The van der Waals surface area contributed by atoms with Crippen LogP contribution in [0.5, 0.6) is 5.75 Å². The minimum Gasteiger partial charge on any atom is -0.497 e. The summed E-state index contributed by atoms with van der Waals surface area (Å²) in [5.74, 6) is 0.798. The molecule has 1 aliphatic rings. The first kappa shape index (κ1) is 18.5. The second-order valence-corrected chi connectivity index (χ2v) is 7.60. The van der Waals surface area contributed by atoms with Gasteiger partial charge >= 0.3 is 0 Å². The summed E-state index contributed by atoms with van der Waals surface area (Å²) in [5, 5.41) is 0.466. The van der Waals surface area contributed by atoms with E-state index in [4.69, 9.17) is 4.74 Å². The van der Waals surface area contributed by atoms with Crippen molar-refractivity contribution >= 4 is 23.5 Å². The second-order valence-electron chi connectivity index (χ2n) is 6.24. The highest BCUT2D eigenvalue weighted by Crippen LogP contribution is 2.25. The number of benzene rings is 1. The third kappa shape index (κ3) is 4.25. The first-order valence-electron chi connectivity index (χ1n) is 8.69. The number of aromatic nitrogens is 1. The number of likely N-dealkylation sites (tertiary alicyclic amines) is 1. The summed E-state index contributed by atoms with van der Waals surface area (Å²) < 4.78 is 5.11. The molecule has 136 valence electrons. The van der Waals surface area contributed by atoms with Crippen LogP contribution in [0.2, 0.25) is 0 Å². The van der Waals surface area contributed by atoms with Gasteiger partial charge in [0.15, 0.2) is 5.78 Å². The second kappa shape index (κ2) is 8.36. The Bertz CT molecular complexity index is 769. The van der Waals surface area contributed by atoms with Crippen molar-refractivity contribution in [3.05, 3.63) is 53.7 Å². The number of pyridine rings is 1. The van der Waals surface area contributed by atoms with Crippen molar-refractivity contribution in [2.45, 2.75) is 30.0 Å². The standard InChI is InChI=1S/C20H22N2O3S/c1-14(19(23)15-5-8-17(25-2)9-6-15)26-18-10-7-16(13-21-18)20(24)22-11-3-4-12-22/h5-10,13-14H,3-4,11-12H2,1-2H3/t14-/m0/s1. The number of amides is 1. The minimum absolute atomic E-state index is 0.0360. The number of nitrogens with zero attached hydrogens (tertiary/aromatic N) is 2. The van der Waals surface area contributed by atoms with Crippen LogP contribution < -0.4 is 4.74 Å². The van der Waals surface area contributed by atoms with E-state index in [0.29, 0.717) is 11.1 Å². The van der Waals surface area contributed by atoms with Gasteiger partial charge in [-0.15, -0.1) is 0 Å². The van der Waals surface area contributed by atoms with Crippen molar-refractivity contribution < 1.29 is 14.3 Å². The lowest BCUT2D eigenvalue weighted by molar-refractivity contribution is 0.0792. The van der Waals surface area contributed by atoms with Gasteiger partial charge in [0, 0.05) is 24.8 Å². The van der Waals surface area contributed by atoms with E-state index in [-0.39, 0.29) is 16.9 Å². The molecule has 2 heterocycles. The molecule has 0 unspecified atom stereocenters. The van der Waals surface area contributed by atoms with Crippen molar-refractivity contribution in [1.82, 2.24) is 9.88 Å². The van der Waals surface area contributed by atoms with Crippen LogP contribution in [0.25, 0.3) is 0 Å². The number of carbonyl (C=O) groups excluding carboxylic acids is 2. The molecule has 1 aromatic carbocycles. The Morgan fingerprint density at radius 3 is 2.31 bits per heavy atom. The molecule has 26 heavy (non-hydrogen) atoms. The maximum absolute atomic E-state index is 12.5. The van der Waals surface area contributed by atoms with E-state index in [2.05, 4.69) is 4.98 Å². The van der Waals surface area contributed by atoms with Crippen LogP contribution >= 0.6 is 11.8 Å². The van der Waals surface area contributed by atoms with Gasteiger partial charge in [-0.25, -0.2) is 4.98 Å². The summed E-state index contributed by atoms with van der Waals surface area (Å²) >= 11 is 1.39. The van der Waals surface area contributed by atoms with E-state index < -0.39 is 0 Å². The molecule has 2 aromatic rings. The van der Waals surface area contributed by atoms with Gasteiger partial charge in [-0.2, -0.15) is 0 Å². The van der Waals surface area contributed by atoms with Crippen LogP contribution in [-0.4, -0.2) is 47.0 Å². The van der Waals surface area contributed by atoms with Gasteiger partial charge < -0.3 is 9.64 Å². The lowest BCUT2D eigenvalue weighted by atomic mass is 10.1. The zero-order valence-electron chi connectivity index (χ0n) is 15.0. The van der Waals surface area contributed by atoms with Gasteiger partial charge in [0.1, 0.15) is 5.75 Å². The van der Waals surface area contributed by atoms with Gasteiger partial charge in [0.05, 0.1) is 22.9 Å². The quantitative estimate of drug-likeness (QED) is 0.573. The summed E-state index contributed by atoms with van der Waals surface area (Å²) in [6.07, 6.45) is 3.74. The molecule has 0 N–H and O–H groups in total. The molecule has 0 aliphatic carbocycles. The maximum Gasteiger partial charge on any atom is 0.255 e. The number of Topliss-reactive ketones (excluding diaryl/α,β-unsaturated/α-hetero) is 1. The van der Waals surface area contributed by atoms with E-state index in [1.54, 1.807) is 43.6 Å². The van der Waals surface area contributed by atoms with E-state index in [1.165, 1.54) is 11.8 Å². The Hall–Kier alpha value is -2.34. The molecule has 6 heteroatoms. The molecule has 1 aliphatic heterocycles. The normalized spacial score (nSPS) is 14.9. The van der Waals surface area contributed by atoms with Crippen molar-refractivity contribution in [1.29, 1.82) is 0 Å². The molecule has 0 saturated carbocycles. The van der Waals surface area contributed by atoms with Crippen LogP contribution in [0.1, 0.15) is 40.5 Å². The van der Waals surface area contributed by atoms with Crippen LogP contribution in [0.4, 0.5) is 0 Å². The maximum atomic E-state index is 12.5. The molecule has 1 fully saturated rings. The van der Waals surface area contributed by atoms with Gasteiger partial charge in [0.2, 0.25) is 0 Å². The number of ether oxygens (including phenoxy) is 1. The first-order valence-corrected chi connectivity index (χ1v) is 9.56. The molecule has 1 saturated heterocycles. The summed E-state index contributed by atoms with van der Waals surface area (Å²) in [5.41, 5.74) is 1.25. The van der Waals surface area contributed by atoms with Crippen molar-refractivity contribution in [2.24, 2.45) is 0 Å². The number of hydrogen-bond donors (Lipinski definition) is 0. The van der Waals surface area contributed by atoms with E-state index in [9.17, 15) is 9.59 Å². The van der Waals surface area contributed by atoms with E-state index in [0.717, 1.165) is 36.7 Å². The Labute approximate surface area is 157 Å². The lowest BCUT2D eigenvalue weighted by Crippen LogP contribution is -2.27. The summed E-state index contributed by atoms with van der Waals surface area (Å²) in [7, 11) is 1.60. The average molecular weight is 370 g/mol. The molecule has 3 rings (SSSR count). The van der Waals surface area contributed by atoms with E-state index in [1.807, 2.05) is 17.9 Å². The highest BCUT2D eigenvalue weighted by molar-refractivity contribution is 8.00. The van der Waals surface area contributed by atoms with Crippen LogP contribution in [0.15, 0.2) is 47.6 Å². The van der Waals surface area contributed by atoms with Gasteiger partial charge in [-0.3, -0.25) is 9.59 Å². The molecule has 0 spiro atoms. The minimum atomic E-state index is -0.268. The third-order valence-corrected chi connectivity index (χ3v) is 5.47. The molecule has 0 bridgehead atoms. The van der Waals surface area contributed by atoms with Crippen LogP contribution in [0, 0.1) is 0 Å². The molecule has 1 aromatic heterocycles. The Morgan fingerprint density at radius 2 is 1.73 bits per heavy atom. The zero-order chi connectivity index (χ0) is 18.5. The Morgan fingerprint density at radius 1 is 1.08 bits per heavy atom. The zero-order valence-corrected chi connectivity index (χ0v) is 15.8. The number of carbonyl (C=O) groups is 2. The number of methoxy groups -OCH3 is 1. The largest absolute Gasteiger partial charge is 0.497 e. The topological polar surface area (TPSA) is 59.5 Å².